The molecule has 2 heterocycles. The second kappa shape index (κ2) is 6.21. The molecule has 0 aliphatic carbocycles. The average Bonchev–Trinajstić information content (AvgIpc) is 3.09. The summed E-state index contributed by atoms with van der Waals surface area (Å²) in [6, 6.07) is 9.88. The number of aryl methyl sites for hydroxylation is 1. The van der Waals surface area contributed by atoms with Crippen LogP contribution in [0, 0.1) is 0 Å². The summed E-state index contributed by atoms with van der Waals surface area (Å²) >= 11 is 0. The zero-order valence-corrected chi connectivity index (χ0v) is 15.0. The minimum Gasteiger partial charge on any atom is -0.454 e. The molecule has 0 saturated heterocycles. The van der Waals surface area contributed by atoms with Crippen LogP contribution in [0.25, 0.3) is 0 Å². The molecule has 0 spiro atoms. The molecule has 2 aliphatic rings. The SMILES string of the molecule is CCN(c1ccc2c(c1)OCO2)S(=O)(=O)c1ccc2c(c1)CCC(=O)N2. The maximum absolute atomic E-state index is 13.2. The van der Waals surface area contributed by atoms with Gasteiger partial charge in [0.25, 0.3) is 10.0 Å². The van der Waals surface area contributed by atoms with E-state index in [0.717, 1.165) is 5.56 Å². The highest BCUT2D eigenvalue weighted by Gasteiger charge is 2.27. The van der Waals surface area contributed by atoms with E-state index in [1.807, 2.05) is 0 Å². The number of hydrogen-bond donors (Lipinski definition) is 1. The van der Waals surface area contributed by atoms with E-state index >= 15 is 0 Å². The molecule has 0 radical (unpaired) electrons. The minimum atomic E-state index is -3.74. The molecule has 0 unspecified atom stereocenters. The second-order valence-corrected chi connectivity index (χ2v) is 7.94. The van der Waals surface area contributed by atoms with Gasteiger partial charge in [-0.15, -0.1) is 0 Å². The van der Waals surface area contributed by atoms with E-state index < -0.39 is 10.0 Å². The van der Waals surface area contributed by atoms with Gasteiger partial charge in [0, 0.05) is 24.7 Å². The summed E-state index contributed by atoms with van der Waals surface area (Å²) in [5.41, 5.74) is 2.02. The van der Waals surface area contributed by atoms with Crippen molar-refractivity contribution in [2.45, 2.75) is 24.7 Å². The van der Waals surface area contributed by atoms with Gasteiger partial charge in [-0.25, -0.2) is 8.42 Å². The number of carbonyl (C=O) groups excluding carboxylic acids is 1. The van der Waals surface area contributed by atoms with Crippen LogP contribution in [0.4, 0.5) is 11.4 Å². The second-order valence-electron chi connectivity index (χ2n) is 6.07. The van der Waals surface area contributed by atoms with E-state index in [1.165, 1.54) is 10.4 Å². The smallest absolute Gasteiger partial charge is 0.264 e. The molecule has 7 nitrogen and oxygen atoms in total. The van der Waals surface area contributed by atoms with Gasteiger partial charge < -0.3 is 14.8 Å². The highest BCUT2D eigenvalue weighted by molar-refractivity contribution is 7.92. The van der Waals surface area contributed by atoms with Crippen molar-refractivity contribution in [2.75, 3.05) is 23.0 Å². The van der Waals surface area contributed by atoms with Crippen LogP contribution in [0.15, 0.2) is 41.3 Å². The van der Waals surface area contributed by atoms with Gasteiger partial charge in [0.1, 0.15) is 0 Å². The van der Waals surface area contributed by atoms with Crippen LogP contribution in [0.1, 0.15) is 18.9 Å². The standard InChI is InChI=1S/C18H18N2O5S/c1-2-20(13-4-7-16-17(10-13)25-11-24-16)26(22,23)14-5-6-15-12(9-14)3-8-18(21)19-15/h4-7,9-10H,2-3,8,11H2,1H3,(H,19,21). The van der Waals surface area contributed by atoms with Crippen molar-refractivity contribution in [3.05, 3.63) is 42.0 Å². The summed E-state index contributed by atoms with van der Waals surface area (Å²) in [5, 5.41) is 2.76. The number of ether oxygens (including phenoxy) is 2. The molecule has 4 rings (SSSR count). The zero-order chi connectivity index (χ0) is 18.3. The number of amides is 1. The van der Waals surface area contributed by atoms with Crippen LogP contribution < -0.4 is 19.1 Å². The number of carbonyl (C=O) groups is 1. The van der Waals surface area contributed by atoms with E-state index in [2.05, 4.69) is 5.32 Å². The first-order valence-corrected chi connectivity index (χ1v) is 9.78. The number of nitrogens with one attached hydrogen (secondary N) is 1. The van der Waals surface area contributed by atoms with Crippen LogP contribution >= 0.6 is 0 Å². The Morgan fingerprint density at radius 1 is 1.08 bits per heavy atom. The van der Waals surface area contributed by atoms with Crippen LogP contribution in [-0.2, 0) is 21.2 Å². The summed E-state index contributed by atoms with van der Waals surface area (Å²) in [4.78, 5) is 11.7. The first kappa shape index (κ1) is 16.7. The first-order valence-electron chi connectivity index (χ1n) is 8.34. The summed E-state index contributed by atoms with van der Waals surface area (Å²) in [7, 11) is -3.74. The molecule has 1 amide bonds. The number of rotatable bonds is 4. The monoisotopic (exact) mass is 374 g/mol. The first-order chi connectivity index (χ1) is 12.5. The fourth-order valence-corrected chi connectivity index (χ4v) is 4.70. The normalized spacial score (nSPS) is 15.3. The van der Waals surface area contributed by atoms with Gasteiger partial charge in [-0.2, -0.15) is 0 Å². The number of nitrogens with zero attached hydrogens (tertiary/aromatic N) is 1. The van der Waals surface area contributed by atoms with Crippen molar-refractivity contribution in [1.29, 1.82) is 0 Å². The molecule has 2 aromatic rings. The largest absolute Gasteiger partial charge is 0.454 e. The lowest BCUT2D eigenvalue weighted by molar-refractivity contribution is -0.116. The quantitative estimate of drug-likeness (QED) is 0.889. The van der Waals surface area contributed by atoms with Crippen LogP contribution in [0.5, 0.6) is 11.5 Å². The van der Waals surface area contributed by atoms with Gasteiger partial charge in [-0.3, -0.25) is 9.10 Å². The number of hydrogen-bond acceptors (Lipinski definition) is 5. The van der Waals surface area contributed by atoms with Gasteiger partial charge in [0.2, 0.25) is 12.7 Å². The van der Waals surface area contributed by atoms with E-state index in [4.69, 9.17) is 9.47 Å². The van der Waals surface area contributed by atoms with Crippen molar-refractivity contribution in [3.8, 4) is 11.5 Å². The van der Waals surface area contributed by atoms with Crippen LogP contribution in [0.2, 0.25) is 0 Å². The van der Waals surface area contributed by atoms with E-state index in [1.54, 1.807) is 37.3 Å². The Kier molecular flexibility index (Phi) is 3.99. The number of anilines is 2. The molecular formula is C18H18N2O5S. The molecule has 136 valence electrons. The van der Waals surface area contributed by atoms with Crippen LogP contribution in [-0.4, -0.2) is 27.7 Å². The fourth-order valence-electron chi connectivity index (χ4n) is 3.18. The minimum absolute atomic E-state index is 0.0522. The lowest BCUT2D eigenvalue weighted by atomic mass is 10.0. The third-order valence-electron chi connectivity index (χ3n) is 4.49. The Morgan fingerprint density at radius 2 is 1.88 bits per heavy atom. The Balaban J connectivity index is 1.71. The molecular weight excluding hydrogens is 356 g/mol. The maximum atomic E-state index is 13.2. The Morgan fingerprint density at radius 3 is 2.69 bits per heavy atom. The van der Waals surface area contributed by atoms with E-state index in [0.29, 0.717) is 35.7 Å². The third-order valence-corrected chi connectivity index (χ3v) is 6.39. The molecule has 2 aliphatic heterocycles. The number of benzene rings is 2. The average molecular weight is 374 g/mol. The predicted octanol–water partition coefficient (Wildman–Crippen LogP) is 2.52. The van der Waals surface area contributed by atoms with Crippen molar-refractivity contribution >= 4 is 27.3 Å². The number of sulfonamides is 1. The summed E-state index contributed by atoms with van der Waals surface area (Å²) < 4.78 is 38.3. The third kappa shape index (κ3) is 2.76. The maximum Gasteiger partial charge on any atom is 0.264 e. The van der Waals surface area contributed by atoms with Crippen LogP contribution in [0.3, 0.4) is 0 Å². The summed E-state index contributed by atoms with van der Waals surface area (Å²) in [5.74, 6) is 1.08. The topological polar surface area (TPSA) is 84.9 Å². The molecule has 0 atom stereocenters. The molecule has 26 heavy (non-hydrogen) atoms. The van der Waals surface area contributed by atoms with Crippen molar-refractivity contribution in [2.24, 2.45) is 0 Å². The van der Waals surface area contributed by atoms with Gasteiger partial charge in [0.05, 0.1) is 10.6 Å². The highest BCUT2D eigenvalue weighted by Crippen LogP contribution is 2.37. The van der Waals surface area contributed by atoms with Gasteiger partial charge >= 0.3 is 0 Å². The summed E-state index contributed by atoms with van der Waals surface area (Å²) in [6.45, 7) is 2.19. The Hall–Kier alpha value is -2.74. The van der Waals surface area contributed by atoms with Gasteiger partial charge in [0.15, 0.2) is 11.5 Å². The predicted molar refractivity (Wildman–Crippen MR) is 96.2 cm³/mol. The highest BCUT2D eigenvalue weighted by atomic mass is 32.2. The lowest BCUT2D eigenvalue weighted by Crippen LogP contribution is -2.31. The molecule has 1 N–H and O–H groups in total. The van der Waals surface area contributed by atoms with E-state index in [9.17, 15) is 13.2 Å². The molecule has 8 heteroatoms. The Bertz CT molecular complexity index is 987. The molecule has 2 aromatic carbocycles. The number of fused-ring (bicyclic) bond motifs is 2. The summed E-state index contributed by atoms with van der Waals surface area (Å²) in [6.07, 6.45) is 0.886. The lowest BCUT2D eigenvalue weighted by Gasteiger charge is -2.24. The van der Waals surface area contributed by atoms with E-state index in [-0.39, 0.29) is 24.1 Å². The molecule has 0 saturated carbocycles. The van der Waals surface area contributed by atoms with Crippen molar-refractivity contribution in [3.63, 3.8) is 0 Å². The molecule has 0 aromatic heterocycles. The zero-order valence-electron chi connectivity index (χ0n) is 14.2. The fraction of sp³-hybridized carbons (Fsp3) is 0.278. The van der Waals surface area contributed by atoms with Crippen molar-refractivity contribution < 1.29 is 22.7 Å². The molecule has 0 fully saturated rings. The Labute approximate surface area is 151 Å². The van der Waals surface area contributed by atoms with Gasteiger partial charge in [-0.05, 0) is 49.2 Å². The molecule has 0 bridgehead atoms. The van der Waals surface area contributed by atoms with Crippen molar-refractivity contribution in [1.82, 2.24) is 0 Å². The van der Waals surface area contributed by atoms with Gasteiger partial charge in [-0.1, -0.05) is 0 Å².